The molecule has 1 fully saturated rings. The molecule has 2 N–H and O–H groups in total. The Balaban J connectivity index is 1.78. The lowest BCUT2D eigenvalue weighted by Gasteiger charge is -2.22. The lowest BCUT2D eigenvalue weighted by atomic mass is 9.89. The Morgan fingerprint density at radius 3 is 2.72 bits per heavy atom. The summed E-state index contributed by atoms with van der Waals surface area (Å²) in [5.74, 6) is 1.45. The quantitative estimate of drug-likeness (QED) is 0.736. The molecule has 2 rings (SSSR count). The lowest BCUT2D eigenvalue weighted by Crippen LogP contribution is -2.34. The number of hydrogen-bond donors (Lipinski definition) is 2. The number of nitrogens with zero attached hydrogens (tertiary/aromatic N) is 2. The third-order valence-corrected chi connectivity index (χ3v) is 6.40. The Morgan fingerprint density at radius 1 is 1.32 bits per heavy atom. The number of sulfone groups is 1. The highest BCUT2D eigenvalue weighted by Gasteiger charge is 2.17. The number of carbonyl (C=O) groups excluding carboxylic acids is 1. The van der Waals surface area contributed by atoms with Crippen molar-refractivity contribution in [3.8, 4) is 0 Å². The predicted molar refractivity (Wildman–Crippen MR) is 99.3 cm³/mol. The molecule has 1 aromatic heterocycles. The minimum atomic E-state index is -3.13. The minimum Gasteiger partial charge on any atom is -0.337 e. The van der Waals surface area contributed by atoms with Gasteiger partial charge in [0, 0.05) is 19.2 Å². The Hall–Kier alpha value is -1.57. The van der Waals surface area contributed by atoms with Gasteiger partial charge < -0.3 is 5.32 Å². The van der Waals surface area contributed by atoms with Gasteiger partial charge in [-0.05, 0) is 24.7 Å². The number of aromatic nitrogens is 2. The van der Waals surface area contributed by atoms with Crippen LogP contribution in [-0.2, 0) is 16.4 Å². The van der Waals surface area contributed by atoms with Crippen molar-refractivity contribution < 1.29 is 13.2 Å². The molecule has 2 amide bonds. The molecule has 0 radical (unpaired) electrons. The number of urea groups is 1. The number of carbonyl (C=O) groups is 1. The second kappa shape index (κ2) is 9.22. The third kappa shape index (κ3) is 7.05. The normalized spacial score (nSPS) is 16.1. The lowest BCUT2D eigenvalue weighted by molar-refractivity contribution is 0.252. The first kappa shape index (κ1) is 19.8. The maximum absolute atomic E-state index is 12.0. The van der Waals surface area contributed by atoms with Crippen LogP contribution in [0.1, 0.15) is 46.0 Å². The van der Waals surface area contributed by atoms with Gasteiger partial charge in [0.05, 0.1) is 17.7 Å². The molecule has 0 bridgehead atoms. The summed E-state index contributed by atoms with van der Waals surface area (Å²) in [6.45, 7) is 4.65. The molecule has 1 aliphatic rings. The van der Waals surface area contributed by atoms with E-state index in [-0.39, 0.29) is 24.0 Å². The van der Waals surface area contributed by atoms with Crippen LogP contribution < -0.4 is 10.6 Å². The zero-order valence-electron chi connectivity index (χ0n) is 15.2. The van der Waals surface area contributed by atoms with E-state index in [2.05, 4.69) is 15.7 Å². The minimum absolute atomic E-state index is 0.0417. The van der Waals surface area contributed by atoms with E-state index < -0.39 is 15.9 Å². The fraction of sp³-hybridized carbons (Fsp3) is 0.765. The molecule has 7 nitrogen and oxygen atoms in total. The largest absolute Gasteiger partial charge is 0.337 e. The molecule has 1 aliphatic carbocycles. The van der Waals surface area contributed by atoms with Gasteiger partial charge in [-0.2, -0.15) is 5.10 Å². The first-order valence-corrected chi connectivity index (χ1v) is 10.9. The average molecular weight is 371 g/mol. The van der Waals surface area contributed by atoms with E-state index in [1.807, 2.05) is 18.5 Å². The van der Waals surface area contributed by atoms with Crippen LogP contribution in [0.15, 0.2) is 12.3 Å². The molecule has 0 aromatic carbocycles. The highest BCUT2D eigenvalue weighted by Crippen LogP contribution is 2.25. The van der Waals surface area contributed by atoms with E-state index in [0.29, 0.717) is 11.7 Å². The van der Waals surface area contributed by atoms with Gasteiger partial charge in [-0.15, -0.1) is 0 Å². The van der Waals surface area contributed by atoms with Gasteiger partial charge in [0.25, 0.3) is 0 Å². The Kier molecular flexibility index (Phi) is 7.28. The molecule has 0 spiro atoms. The molecule has 0 saturated heterocycles. The number of rotatable bonds is 8. The van der Waals surface area contributed by atoms with Crippen LogP contribution in [0.5, 0.6) is 0 Å². The summed E-state index contributed by atoms with van der Waals surface area (Å²) in [4.78, 5) is 12.0. The van der Waals surface area contributed by atoms with E-state index in [1.165, 1.54) is 32.1 Å². The molecule has 25 heavy (non-hydrogen) atoms. The first-order valence-electron chi connectivity index (χ1n) is 9.13. The van der Waals surface area contributed by atoms with Crippen molar-refractivity contribution in [3.63, 3.8) is 0 Å². The molecule has 0 atom stereocenters. The van der Waals surface area contributed by atoms with E-state index in [4.69, 9.17) is 0 Å². The van der Waals surface area contributed by atoms with Crippen LogP contribution in [0, 0.1) is 11.8 Å². The smallest absolute Gasteiger partial charge is 0.320 e. The highest BCUT2D eigenvalue weighted by atomic mass is 32.2. The summed E-state index contributed by atoms with van der Waals surface area (Å²) in [6.07, 6.45) is 7.92. The third-order valence-electron chi connectivity index (χ3n) is 4.40. The van der Waals surface area contributed by atoms with Crippen molar-refractivity contribution in [2.45, 2.75) is 52.5 Å². The van der Waals surface area contributed by atoms with E-state index in [0.717, 1.165) is 6.54 Å². The van der Waals surface area contributed by atoms with Crippen molar-refractivity contribution >= 4 is 21.7 Å². The molecule has 0 unspecified atom stereocenters. The molecule has 8 heteroatoms. The van der Waals surface area contributed by atoms with E-state index in [1.54, 1.807) is 12.3 Å². The van der Waals surface area contributed by atoms with Crippen molar-refractivity contribution in [2.75, 3.05) is 23.4 Å². The van der Waals surface area contributed by atoms with Crippen LogP contribution in [0.2, 0.25) is 0 Å². The molecule has 1 saturated carbocycles. The van der Waals surface area contributed by atoms with Crippen LogP contribution in [0.25, 0.3) is 0 Å². The molecule has 142 valence electrons. The van der Waals surface area contributed by atoms with Crippen LogP contribution >= 0.6 is 0 Å². The number of amides is 2. The summed E-state index contributed by atoms with van der Waals surface area (Å²) in [5, 5.41) is 9.67. The van der Waals surface area contributed by atoms with E-state index >= 15 is 0 Å². The summed E-state index contributed by atoms with van der Waals surface area (Å²) in [6, 6.07) is 1.36. The number of anilines is 1. The number of nitrogens with one attached hydrogen (secondary N) is 2. The van der Waals surface area contributed by atoms with Crippen molar-refractivity contribution in [3.05, 3.63) is 12.3 Å². The maximum atomic E-state index is 12.0. The van der Waals surface area contributed by atoms with Crippen molar-refractivity contribution in [1.82, 2.24) is 15.1 Å². The van der Waals surface area contributed by atoms with Crippen LogP contribution in [0.4, 0.5) is 10.6 Å². The zero-order valence-corrected chi connectivity index (χ0v) is 16.0. The molecular weight excluding hydrogens is 340 g/mol. The number of hydrogen-bond acceptors (Lipinski definition) is 4. The predicted octanol–water partition coefficient (Wildman–Crippen LogP) is 2.66. The molecular formula is C17H30N4O3S. The van der Waals surface area contributed by atoms with E-state index in [9.17, 15) is 13.2 Å². The summed E-state index contributed by atoms with van der Waals surface area (Å²) in [5.41, 5.74) is 0. The standard InChI is InChI=1S/C17H30N4O3S/c1-14(2)13-25(23,24)11-10-18-17(22)20-16-8-9-19-21(16)12-15-6-4-3-5-7-15/h8-9,14-15H,3-7,10-13H2,1-2H3,(H2,18,20,22). The summed E-state index contributed by atoms with van der Waals surface area (Å²) in [7, 11) is -3.13. The summed E-state index contributed by atoms with van der Waals surface area (Å²) >= 11 is 0. The zero-order chi connectivity index (χ0) is 18.3. The summed E-state index contributed by atoms with van der Waals surface area (Å²) < 4.78 is 25.5. The second-order valence-corrected chi connectivity index (χ2v) is 9.52. The monoisotopic (exact) mass is 370 g/mol. The van der Waals surface area contributed by atoms with Crippen LogP contribution in [0.3, 0.4) is 0 Å². The van der Waals surface area contributed by atoms with Crippen LogP contribution in [-0.4, -0.2) is 42.3 Å². The Morgan fingerprint density at radius 2 is 2.04 bits per heavy atom. The Labute approximate surface area is 150 Å². The highest BCUT2D eigenvalue weighted by molar-refractivity contribution is 7.91. The van der Waals surface area contributed by atoms with Gasteiger partial charge >= 0.3 is 6.03 Å². The fourth-order valence-corrected chi connectivity index (χ4v) is 4.87. The molecule has 1 aromatic rings. The van der Waals surface area contributed by atoms with Gasteiger partial charge in [-0.3, -0.25) is 5.32 Å². The molecule has 1 heterocycles. The maximum Gasteiger partial charge on any atom is 0.320 e. The van der Waals surface area contributed by atoms with Crippen molar-refractivity contribution in [1.29, 1.82) is 0 Å². The fourth-order valence-electron chi connectivity index (χ4n) is 3.27. The van der Waals surface area contributed by atoms with Gasteiger partial charge in [-0.25, -0.2) is 17.9 Å². The van der Waals surface area contributed by atoms with Gasteiger partial charge in [-0.1, -0.05) is 33.1 Å². The Bertz CT molecular complexity index is 649. The SMILES string of the molecule is CC(C)CS(=O)(=O)CCNC(=O)Nc1ccnn1CC1CCCCC1. The van der Waals surface area contributed by atoms with Gasteiger partial charge in [0.15, 0.2) is 9.84 Å². The molecule has 0 aliphatic heterocycles. The van der Waals surface area contributed by atoms with Crippen molar-refractivity contribution in [2.24, 2.45) is 11.8 Å². The second-order valence-electron chi connectivity index (χ2n) is 7.29. The van der Waals surface area contributed by atoms with Gasteiger partial charge in [0.1, 0.15) is 5.82 Å². The first-order chi connectivity index (χ1) is 11.9. The average Bonchev–Trinajstić information content (AvgIpc) is 2.93. The topological polar surface area (TPSA) is 93.1 Å². The van der Waals surface area contributed by atoms with Gasteiger partial charge in [0.2, 0.25) is 0 Å².